The minimum absolute atomic E-state index is 0.00475. The third-order valence-corrected chi connectivity index (χ3v) is 24.7. The van der Waals surface area contributed by atoms with Crippen LogP contribution in [0.15, 0.2) is 109 Å². The lowest BCUT2D eigenvalue weighted by Gasteiger charge is -2.39. The highest BCUT2D eigenvalue weighted by atomic mass is 32.2. The molecule has 8 rings (SSSR count). The van der Waals surface area contributed by atoms with Crippen molar-refractivity contribution < 1.29 is 96.1 Å². The van der Waals surface area contributed by atoms with Crippen LogP contribution in [0.3, 0.4) is 0 Å². The lowest BCUT2D eigenvalue weighted by Crippen LogP contribution is -2.63. The Labute approximate surface area is 753 Å². The number of phenols is 1. The third kappa shape index (κ3) is 29.0. The van der Waals surface area contributed by atoms with Gasteiger partial charge in [0.2, 0.25) is 94.5 Å². The number of nitrogens with one attached hydrogen (secondary N) is 10. The molecule has 3 aliphatic heterocycles. The summed E-state index contributed by atoms with van der Waals surface area (Å²) in [5.41, 5.74) is 13.7. The molecule has 4 heterocycles. The zero-order chi connectivity index (χ0) is 94.6. The highest BCUT2D eigenvalue weighted by Gasteiger charge is 2.46. The second kappa shape index (κ2) is 48.6. The summed E-state index contributed by atoms with van der Waals surface area (Å²) in [5, 5.41) is 45.4. The van der Waals surface area contributed by atoms with E-state index in [1.54, 1.807) is 102 Å². The number of nitrogens with zero attached hydrogens (tertiary/aromatic N) is 5. The fourth-order valence-electron chi connectivity index (χ4n) is 16.3. The monoisotopic (exact) mass is 1810 g/mol. The maximum Gasteiger partial charge on any atom is 0.305 e. The number of phenolic OH excluding ortho intramolecular Hbond substituents is 1. The van der Waals surface area contributed by atoms with E-state index in [1.165, 1.54) is 72.2 Å². The number of likely N-dealkylation sites (N-methyl/N-ethyl adjacent to an activating group) is 3. The van der Waals surface area contributed by atoms with E-state index in [9.17, 15) is 48.2 Å². The van der Waals surface area contributed by atoms with Crippen molar-refractivity contribution in [1.82, 2.24) is 77.3 Å². The molecule has 1 unspecified atom stereocenters. The molecule has 3 aliphatic rings. The van der Waals surface area contributed by atoms with Crippen LogP contribution >= 0.6 is 11.8 Å². The van der Waals surface area contributed by atoms with Crippen LogP contribution in [0, 0.1) is 23.6 Å². The van der Waals surface area contributed by atoms with Gasteiger partial charge >= 0.3 is 5.97 Å². The molecule has 0 aliphatic carbocycles. The normalized spacial score (nSPS) is 24.3. The molecule has 1 aromatic heterocycles. The standard InChI is InChI=1S/C91H124FN17O19S/c1-11-13-26-71-90(127)109-40-21-28-70(109)85(122)102-66(46-76(114)115)83(120)104-77(52(5)6)91(128)107(10)78(53(7)12-2)86(123)98-62(37-38-73(93)111)88(125)108-39-20-19-27-69(108)84(121)101-65(45-57-47-95-61-25-18-17-24-60(57)61)82(119)100-64(42-56-31-35-59(110)36-32-56)81(118)99-63(41-51(3)4)80(117)103-68(79(116)96-48-74(94)112)49-129-50-75(113)97-67(43-55-29-33-58(92)34-30-55)87(124)106(9)72(89(126)105(71)8)44-54-22-15-14-16-23-54/h14-18,22-25,29-36,47,51-53,62-72,77-78,95,110H,11-13,19-21,26-28,37-46,48-50H2,1-10H3,(H2,93,111)(H2,94,112)(H,96,116)(H,97,113)(H,98,123)(H,99,118)(H,100,119)(H,101,121)(H,102,122)(H,103,117)(H,104,120)(H,114,115)/t53?,62-,63-,64-,65-,66-,67-,68-,69+,70+,71-,72-,77-,78-/m0/s1. The number of aromatic nitrogens is 1. The zero-order valence-electron chi connectivity index (χ0n) is 74.7. The molecule has 3 saturated heterocycles. The van der Waals surface area contributed by atoms with Crippen molar-refractivity contribution in [2.24, 2.45) is 29.2 Å². The molecule has 14 atom stereocenters. The van der Waals surface area contributed by atoms with Gasteiger partial charge in [-0.1, -0.05) is 141 Å². The number of aliphatic carboxylic acids is 1. The number of benzene rings is 4. The molecule has 700 valence electrons. The molecule has 0 bridgehead atoms. The van der Waals surface area contributed by atoms with Crippen molar-refractivity contribution in [1.29, 1.82) is 0 Å². The summed E-state index contributed by atoms with van der Waals surface area (Å²) in [5.74, 6) is -19.6. The number of aromatic hydroxyl groups is 1. The molecule has 4 aromatic carbocycles. The Morgan fingerprint density at radius 1 is 0.535 bits per heavy atom. The number of carboxylic acids is 1. The fourth-order valence-corrected chi connectivity index (χ4v) is 17.2. The highest BCUT2D eigenvalue weighted by molar-refractivity contribution is 8.00. The SMILES string of the molecule is CCCC[C@H]1C(=O)N2CCC[C@@H]2C(=O)N[C@@H](CC(=O)O)C(=O)N[C@@H](C(C)C)C(=O)N(C)[C@@H](C(C)CC)C(=O)N[C@@H](CCC(N)=O)C(=O)N2CCCC[C@@H]2C(=O)N[C@@H](Cc2c[nH]c3ccccc23)C(=O)N[C@@H](Cc2ccc(O)cc2)C(=O)N[C@@H](CC(C)C)C(=O)N[C@H](C(=O)NCC(N)=O)CSCC(=O)N[C@@H](Cc2ccc(F)cc2)C(=O)N(C)[C@@H](Cc2ccccc2)C(=O)N1C. The van der Waals surface area contributed by atoms with Gasteiger partial charge in [-0.05, 0) is 122 Å². The predicted molar refractivity (Wildman–Crippen MR) is 477 cm³/mol. The number of carboxylic acid groups (broad SMARTS) is 1. The Hall–Kier alpha value is -12.5. The molecule has 16 N–H and O–H groups in total. The van der Waals surface area contributed by atoms with E-state index < -0.39 is 234 Å². The first-order chi connectivity index (χ1) is 61.3. The number of rotatable bonds is 24. The fraction of sp³-hybridized carbons (Fsp3) is 0.527. The maximum absolute atomic E-state index is 15.7. The summed E-state index contributed by atoms with van der Waals surface area (Å²) in [6, 6.07) is 6.54. The summed E-state index contributed by atoms with van der Waals surface area (Å²) in [6.45, 7) is 11.0. The Morgan fingerprint density at radius 2 is 1.09 bits per heavy atom. The van der Waals surface area contributed by atoms with Crippen LogP contribution in [-0.4, -0.2) is 271 Å². The molecule has 0 saturated carbocycles. The van der Waals surface area contributed by atoms with Gasteiger partial charge in [0.25, 0.3) is 0 Å². The first-order valence-corrected chi connectivity index (χ1v) is 45.0. The molecule has 16 amide bonds. The van der Waals surface area contributed by atoms with Gasteiger partial charge in [0.1, 0.15) is 90.1 Å². The Kier molecular flexibility index (Phi) is 38.4. The van der Waals surface area contributed by atoms with E-state index in [2.05, 4.69) is 52.8 Å². The first kappa shape index (κ1) is 102. The molecule has 38 heteroatoms. The van der Waals surface area contributed by atoms with Crippen LogP contribution in [0.1, 0.15) is 154 Å². The Balaban J connectivity index is 1.22. The van der Waals surface area contributed by atoms with Crippen molar-refractivity contribution in [3.05, 3.63) is 137 Å². The summed E-state index contributed by atoms with van der Waals surface area (Å²) >= 11 is 0.789. The number of hydrogen-bond donors (Lipinski definition) is 14. The second-order valence-corrected chi connectivity index (χ2v) is 35.2. The number of primary amides is 2. The molecule has 36 nitrogen and oxygen atoms in total. The second-order valence-electron chi connectivity index (χ2n) is 34.2. The van der Waals surface area contributed by atoms with E-state index in [0.29, 0.717) is 58.8 Å². The minimum Gasteiger partial charge on any atom is -0.508 e. The number of fused-ring (bicyclic) bond motifs is 3. The number of aromatic amines is 1. The summed E-state index contributed by atoms with van der Waals surface area (Å²) < 4.78 is 14.6. The number of halogens is 1. The minimum atomic E-state index is -1.90. The summed E-state index contributed by atoms with van der Waals surface area (Å²) in [7, 11) is 3.99. The van der Waals surface area contributed by atoms with Gasteiger partial charge in [0.15, 0.2) is 0 Å². The van der Waals surface area contributed by atoms with Gasteiger partial charge in [-0.3, -0.25) is 81.5 Å². The van der Waals surface area contributed by atoms with Gasteiger partial charge in [-0.25, -0.2) is 4.39 Å². The number of carbonyl (C=O) groups excluding carboxylic acids is 16. The van der Waals surface area contributed by atoms with Crippen LogP contribution in [0.4, 0.5) is 4.39 Å². The number of hydrogen-bond acceptors (Lipinski definition) is 19. The van der Waals surface area contributed by atoms with E-state index in [-0.39, 0.29) is 89.0 Å². The maximum atomic E-state index is 15.7. The van der Waals surface area contributed by atoms with Gasteiger partial charge in [0.05, 0.1) is 18.7 Å². The summed E-state index contributed by atoms with van der Waals surface area (Å²) in [6.07, 6.45) is 0.656. The van der Waals surface area contributed by atoms with Gasteiger partial charge in [-0.2, -0.15) is 0 Å². The first-order valence-electron chi connectivity index (χ1n) is 43.9. The number of carbonyl (C=O) groups is 17. The molecular formula is C91H124FN17O19S. The number of thioether (sulfide) groups is 1. The molecular weight excluding hydrogens is 1690 g/mol. The molecule has 3 fully saturated rings. The molecule has 0 spiro atoms. The highest BCUT2D eigenvalue weighted by Crippen LogP contribution is 2.29. The van der Waals surface area contributed by atoms with Gasteiger partial charge in [-0.15, -0.1) is 11.8 Å². The number of H-pyrrole nitrogens is 1. The van der Waals surface area contributed by atoms with Crippen molar-refractivity contribution >= 4 is 123 Å². The van der Waals surface area contributed by atoms with Crippen LogP contribution in [-0.2, 0) is 107 Å². The van der Waals surface area contributed by atoms with Crippen LogP contribution < -0.4 is 59.3 Å². The predicted octanol–water partition coefficient (Wildman–Crippen LogP) is 2.04. The number of nitrogens with two attached hydrogens (primary N) is 2. The van der Waals surface area contributed by atoms with Crippen LogP contribution in [0.25, 0.3) is 10.9 Å². The van der Waals surface area contributed by atoms with Gasteiger partial charge < -0.3 is 99.0 Å². The molecule has 0 radical (unpaired) electrons. The van der Waals surface area contributed by atoms with Crippen LogP contribution in [0.2, 0.25) is 0 Å². The smallest absolute Gasteiger partial charge is 0.305 e. The third-order valence-electron chi connectivity index (χ3n) is 23.6. The van der Waals surface area contributed by atoms with E-state index in [4.69, 9.17) is 11.5 Å². The zero-order valence-corrected chi connectivity index (χ0v) is 75.5. The topological polar surface area (TPSA) is 523 Å². The van der Waals surface area contributed by atoms with Gasteiger partial charge in [0, 0.05) is 89.2 Å². The van der Waals surface area contributed by atoms with Crippen molar-refractivity contribution in [2.45, 2.75) is 236 Å². The van der Waals surface area contributed by atoms with Crippen molar-refractivity contribution in [2.75, 3.05) is 52.3 Å². The lowest BCUT2D eigenvalue weighted by atomic mass is 9.93. The lowest BCUT2D eigenvalue weighted by molar-refractivity contribution is -0.152. The molecule has 5 aromatic rings. The van der Waals surface area contributed by atoms with E-state index >= 15 is 47.9 Å². The average Bonchev–Trinajstić information content (AvgIpc) is 1.79. The Morgan fingerprint density at radius 3 is 1.71 bits per heavy atom. The van der Waals surface area contributed by atoms with Crippen molar-refractivity contribution in [3.8, 4) is 5.75 Å². The summed E-state index contributed by atoms with van der Waals surface area (Å²) in [4.78, 5) is 259. The number of unbranched alkanes of at least 4 members (excludes halogenated alkanes) is 1. The molecule has 129 heavy (non-hydrogen) atoms. The largest absolute Gasteiger partial charge is 0.508 e. The van der Waals surface area contributed by atoms with Crippen molar-refractivity contribution in [3.63, 3.8) is 0 Å². The number of amides is 16. The number of para-hydroxylation sites is 1. The Bertz CT molecular complexity index is 4810. The number of piperidine rings is 1. The quantitative estimate of drug-likeness (QED) is 0.0420. The van der Waals surface area contributed by atoms with E-state index in [0.717, 1.165) is 33.7 Å². The van der Waals surface area contributed by atoms with E-state index in [1.807, 2.05) is 6.92 Å². The van der Waals surface area contributed by atoms with Crippen LogP contribution in [0.5, 0.6) is 5.75 Å². The average molecular weight is 1810 g/mol.